The maximum absolute atomic E-state index is 13.5. The van der Waals surface area contributed by atoms with Crippen LogP contribution in [0, 0.1) is 11.7 Å². The van der Waals surface area contributed by atoms with E-state index >= 15 is 0 Å². The lowest BCUT2D eigenvalue weighted by Crippen LogP contribution is -2.57. The SMILES string of the molecule is Cl.Cl.O=C1NC(Cc2ccc(F)cc2)(C2CCNCC2)C(=O)N1Cc1cccnc1. The fourth-order valence-corrected chi connectivity index (χ4v) is 4.24. The Hall–Kier alpha value is -2.22. The number of piperidine rings is 1. The number of imide groups is 1. The second kappa shape index (κ2) is 10.2. The zero-order valence-electron chi connectivity index (χ0n) is 16.3. The van der Waals surface area contributed by atoms with Crippen molar-refractivity contribution in [3.63, 3.8) is 0 Å². The third kappa shape index (κ3) is 4.74. The monoisotopic (exact) mass is 454 g/mol. The number of benzene rings is 1. The summed E-state index contributed by atoms with van der Waals surface area (Å²) in [5.41, 5.74) is 0.630. The topological polar surface area (TPSA) is 74.3 Å². The van der Waals surface area contributed by atoms with E-state index in [1.807, 2.05) is 6.07 Å². The molecule has 1 aromatic carbocycles. The summed E-state index contributed by atoms with van der Waals surface area (Å²) in [7, 11) is 0. The van der Waals surface area contributed by atoms with Gasteiger partial charge < -0.3 is 10.6 Å². The first kappa shape index (κ1) is 24.1. The van der Waals surface area contributed by atoms with Crippen LogP contribution in [0.5, 0.6) is 0 Å². The molecule has 4 rings (SSSR count). The molecule has 30 heavy (non-hydrogen) atoms. The third-order valence-corrected chi connectivity index (χ3v) is 5.70. The maximum atomic E-state index is 13.5. The largest absolute Gasteiger partial charge is 0.325 e. The molecule has 3 heterocycles. The number of nitrogens with one attached hydrogen (secondary N) is 2. The number of hydrogen-bond acceptors (Lipinski definition) is 4. The second-order valence-electron chi connectivity index (χ2n) is 7.48. The van der Waals surface area contributed by atoms with E-state index in [-0.39, 0.29) is 55.0 Å². The Morgan fingerprint density at radius 3 is 2.40 bits per heavy atom. The van der Waals surface area contributed by atoms with Crippen molar-refractivity contribution in [1.29, 1.82) is 0 Å². The smallest absolute Gasteiger partial charge is 0.322 e. The Morgan fingerprint density at radius 1 is 1.07 bits per heavy atom. The molecule has 2 aliphatic rings. The van der Waals surface area contributed by atoms with Gasteiger partial charge in [-0.25, -0.2) is 9.18 Å². The molecule has 3 amide bonds. The lowest BCUT2D eigenvalue weighted by Gasteiger charge is -2.38. The van der Waals surface area contributed by atoms with Gasteiger partial charge in [0, 0.05) is 18.8 Å². The molecule has 6 nitrogen and oxygen atoms in total. The lowest BCUT2D eigenvalue weighted by molar-refractivity contribution is -0.134. The van der Waals surface area contributed by atoms with Crippen LogP contribution in [0.25, 0.3) is 0 Å². The van der Waals surface area contributed by atoms with E-state index in [1.165, 1.54) is 17.0 Å². The molecule has 2 aromatic rings. The van der Waals surface area contributed by atoms with Gasteiger partial charge in [-0.15, -0.1) is 24.8 Å². The lowest BCUT2D eigenvalue weighted by atomic mass is 9.74. The van der Waals surface area contributed by atoms with E-state index in [4.69, 9.17) is 0 Å². The molecule has 162 valence electrons. The van der Waals surface area contributed by atoms with Gasteiger partial charge in [-0.2, -0.15) is 0 Å². The summed E-state index contributed by atoms with van der Waals surface area (Å²) in [5, 5.41) is 6.32. The summed E-state index contributed by atoms with van der Waals surface area (Å²) in [6, 6.07) is 9.39. The molecule has 0 radical (unpaired) electrons. The molecule has 0 spiro atoms. The fraction of sp³-hybridized carbons (Fsp3) is 0.381. The average molecular weight is 455 g/mol. The van der Waals surface area contributed by atoms with E-state index in [2.05, 4.69) is 15.6 Å². The van der Waals surface area contributed by atoms with Crippen LogP contribution in [0.4, 0.5) is 9.18 Å². The molecule has 1 unspecified atom stereocenters. The standard InChI is InChI=1S/C21H23FN4O2.2ClH/c22-18-5-3-15(4-6-18)12-21(17-7-10-23-11-8-17)19(27)26(20(28)25-21)14-16-2-1-9-24-13-16;;/h1-6,9,13,17,23H,7-8,10-12,14H2,(H,25,28);2*1H. The molecule has 0 aliphatic carbocycles. The van der Waals surface area contributed by atoms with E-state index in [0.29, 0.717) is 6.42 Å². The number of amides is 3. The van der Waals surface area contributed by atoms with Crippen molar-refractivity contribution in [3.8, 4) is 0 Å². The van der Waals surface area contributed by atoms with Crippen molar-refractivity contribution >= 4 is 36.8 Å². The molecule has 1 atom stereocenters. The number of halogens is 3. The van der Waals surface area contributed by atoms with Gasteiger partial charge in [-0.3, -0.25) is 14.7 Å². The minimum Gasteiger partial charge on any atom is -0.322 e. The zero-order valence-corrected chi connectivity index (χ0v) is 18.0. The molecule has 9 heteroatoms. The van der Waals surface area contributed by atoms with Crippen LogP contribution < -0.4 is 10.6 Å². The Labute approximate surface area is 187 Å². The van der Waals surface area contributed by atoms with Gasteiger partial charge in [0.25, 0.3) is 5.91 Å². The number of rotatable bonds is 5. The Balaban J connectivity index is 0.00000160. The number of hydrogen-bond donors (Lipinski definition) is 2. The van der Waals surface area contributed by atoms with Gasteiger partial charge >= 0.3 is 6.03 Å². The van der Waals surface area contributed by atoms with Crippen LogP contribution in [0.3, 0.4) is 0 Å². The zero-order chi connectivity index (χ0) is 19.6. The minimum atomic E-state index is -1.00. The van der Waals surface area contributed by atoms with E-state index in [9.17, 15) is 14.0 Å². The summed E-state index contributed by atoms with van der Waals surface area (Å²) < 4.78 is 13.3. The molecular formula is C21H25Cl2FN4O2. The predicted molar refractivity (Wildman–Crippen MR) is 116 cm³/mol. The van der Waals surface area contributed by atoms with Crippen LogP contribution in [0.15, 0.2) is 48.8 Å². The summed E-state index contributed by atoms with van der Waals surface area (Å²) >= 11 is 0. The predicted octanol–water partition coefficient (Wildman–Crippen LogP) is 3.10. The van der Waals surface area contributed by atoms with Crippen molar-refractivity contribution < 1.29 is 14.0 Å². The quantitative estimate of drug-likeness (QED) is 0.680. The van der Waals surface area contributed by atoms with Crippen LogP contribution in [0.2, 0.25) is 0 Å². The van der Waals surface area contributed by atoms with Crippen molar-refractivity contribution in [2.24, 2.45) is 5.92 Å². The van der Waals surface area contributed by atoms with Crippen LogP contribution in [-0.2, 0) is 17.8 Å². The van der Waals surface area contributed by atoms with Gasteiger partial charge in [-0.1, -0.05) is 18.2 Å². The van der Waals surface area contributed by atoms with E-state index in [0.717, 1.165) is 37.1 Å². The fourth-order valence-electron chi connectivity index (χ4n) is 4.24. The van der Waals surface area contributed by atoms with Gasteiger partial charge in [0.05, 0.1) is 6.54 Å². The summed E-state index contributed by atoms with van der Waals surface area (Å²) in [6.07, 6.45) is 5.27. The number of urea groups is 1. The minimum absolute atomic E-state index is 0. The molecule has 2 N–H and O–H groups in total. The first-order chi connectivity index (χ1) is 13.6. The number of aromatic nitrogens is 1. The molecular weight excluding hydrogens is 430 g/mol. The van der Waals surface area contributed by atoms with Crippen molar-refractivity contribution in [2.45, 2.75) is 31.3 Å². The first-order valence-corrected chi connectivity index (χ1v) is 9.57. The highest BCUT2D eigenvalue weighted by Gasteiger charge is 2.55. The average Bonchev–Trinajstić information content (AvgIpc) is 2.96. The van der Waals surface area contributed by atoms with Crippen molar-refractivity contribution in [1.82, 2.24) is 20.5 Å². The number of carbonyl (C=O) groups excluding carboxylic acids is 2. The van der Waals surface area contributed by atoms with Gasteiger partial charge in [0.15, 0.2) is 0 Å². The van der Waals surface area contributed by atoms with Crippen molar-refractivity contribution in [3.05, 3.63) is 65.7 Å². The third-order valence-electron chi connectivity index (χ3n) is 5.70. The summed E-state index contributed by atoms with van der Waals surface area (Å²) in [6.45, 7) is 1.80. The number of carbonyl (C=O) groups is 2. The highest BCUT2D eigenvalue weighted by Crippen LogP contribution is 2.35. The number of pyridine rings is 1. The highest BCUT2D eigenvalue weighted by atomic mass is 35.5. The second-order valence-corrected chi connectivity index (χ2v) is 7.48. The maximum Gasteiger partial charge on any atom is 0.325 e. The van der Waals surface area contributed by atoms with E-state index in [1.54, 1.807) is 30.6 Å². The Bertz CT molecular complexity index is 863. The molecule has 2 saturated heterocycles. The Morgan fingerprint density at radius 2 is 1.77 bits per heavy atom. The first-order valence-electron chi connectivity index (χ1n) is 9.57. The van der Waals surface area contributed by atoms with E-state index < -0.39 is 5.54 Å². The molecule has 2 fully saturated rings. The van der Waals surface area contributed by atoms with Gasteiger partial charge in [-0.05, 0) is 61.2 Å². The van der Waals surface area contributed by atoms with Gasteiger partial charge in [0.1, 0.15) is 11.4 Å². The Kier molecular flexibility index (Phi) is 8.18. The van der Waals surface area contributed by atoms with Crippen LogP contribution >= 0.6 is 24.8 Å². The summed E-state index contributed by atoms with van der Waals surface area (Å²) in [4.78, 5) is 31.7. The molecule has 0 bridgehead atoms. The van der Waals surface area contributed by atoms with Crippen molar-refractivity contribution in [2.75, 3.05) is 13.1 Å². The highest BCUT2D eigenvalue weighted by molar-refractivity contribution is 6.07. The summed E-state index contributed by atoms with van der Waals surface area (Å²) in [5.74, 6) is -0.508. The van der Waals surface area contributed by atoms with Crippen LogP contribution in [-0.4, -0.2) is 40.5 Å². The molecule has 2 aliphatic heterocycles. The molecule has 0 saturated carbocycles. The van der Waals surface area contributed by atoms with Crippen LogP contribution in [0.1, 0.15) is 24.0 Å². The normalized spacial score (nSPS) is 21.6. The number of nitrogens with zero attached hydrogens (tertiary/aromatic N) is 2. The van der Waals surface area contributed by atoms with Gasteiger partial charge in [0.2, 0.25) is 0 Å². The molecule has 1 aromatic heterocycles.